The van der Waals surface area contributed by atoms with E-state index in [1.54, 1.807) is 6.07 Å². The van der Waals surface area contributed by atoms with Gasteiger partial charge in [0.05, 0.1) is 15.7 Å². The van der Waals surface area contributed by atoms with Crippen LogP contribution in [0, 0.1) is 6.92 Å². The van der Waals surface area contributed by atoms with Gasteiger partial charge >= 0.3 is 0 Å². The Kier molecular flexibility index (Phi) is 4.64. The third-order valence-corrected chi connectivity index (χ3v) is 5.59. The summed E-state index contributed by atoms with van der Waals surface area (Å²) in [4.78, 5) is 4.20. The highest BCUT2D eigenvalue weighted by Gasteiger charge is 2.20. The molecule has 0 aliphatic heterocycles. The molecule has 0 unspecified atom stereocenters. The predicted molar refractivity (Wildman–Crippen MR) is 81.6 cm³/mol. The first kappa shape index (κ1) is 15.2. The van der Waals surface area contributed by atoms with Crippen LogP contribution in [0.25, 0.3) is 0 Å². The smallest absolute Gasteiger partial charge is 0.244 e. The highest BCUT2D eigenvalue weighted by Crippen LogP contribution is 2.26. The number of nitrogens with one attached hydrogen (secondary N) is 1. The second kappa shape index (κ2) is 6.09. The molecule has 0 aliphatic carbocycles. The number of nitrogens with zero attached hydrogens (tertiary/aromatic N) is 1. The zero-order valence-corrected chi connectivity index (χ0v) is 13.1. The summed E-state index contributed by atoms with van der Waals surface area (Å²) < 4.78 is 26.8. The molecule has 1 heterocycles. The van der Waals surface area contributed by atoms with E-state index < -0.39 is 10.0 Å². The number of hydrogen-bond donors (Lipinski definition) is 2. The summed E-state index contributed by atoms with van der Waals surface area (Å²) in [6.45, 7) is 2.15. The molecule has 0 saturated heterocycles. The summed E-state index contributed by atoms with van der Waals surface area (Å²) >= 11 is 7.41. The van der Waals surface area contributed by atoms with Crippen LogP contribution < -0.4 is 10.5 Å². The molecule has 0 amide bonds. The number of nitrogens with two attached hydrogens (primary N) is 1. The van der Waals surface area contributed by atoms with Gasteiger partial charge in [-0.1, -0.05) is 17.7 Å². The number of benzene rings is 1. The lowest BCUT2D eigenvalue weighted by atomic mass is 10.3. The van der Waals surface area contributed by atoms with E-state index in [1.165, 1.54) is 23.5 Å². The van der Waals surface area contributed by atoms with Gasteiger partial charge in [-0.05, 0) is 19.1 Å². The number of rotatable bonds is 5. The van der Waals surface area contributed by atoms with Crippen molar-refractivity contribution in [3.05, 3.63) is 39.3 Å². The van der Waals surface area contributed by atoms with Crippen LogP contribution >= 0.6 is 22.9 Å². The summed E-state index contributed by atoms with van der Waals surface area (Å²) in [5, 5.41) is 2.93. The molecule has 0 radical (unpaired) electrons. The third kappa shape index (κ3) is 3.49. The van der Waals surface area contributed by atoms with Crippen LogP contribution in [-0.2, 0) is 16.4 Å². The maximum absolute atomic E-state index is 12.2. The molecule has 0 saturated carbocycles. The topological polar surface area (TPSA) is 85.1 Å². The quantitative estimate of drug-likeness (QED) is 0.822. The van der Waals surface area contributed by atoms with Crippen molar-refractivity contribution in [2.24, 2.45) is 0 Å². The Balaban J connectivity index is 2.08. The number of halogens is 1. The number of nitrogen functional groups attached to an aromatic ring is 1. The monoisotopic (exact) mass is 331 g/mol. The third-order valence-electron chi connectivity index (χ3n) is 2.56. The molecular formula is C12H14ClN3O2S2. The van der Waals surface area contributed by atoms with Crippen molar-refractivity contribution in [3.63, 3.8) is 0 Å². The van der Waals surface area contributed by atoms with Gasteiger partial charge in [0.25, 0.3) is 0 Å². The molecule has 2 rings (SSSR count). The van der Waals surface area contributed by atoms with E-state index in [0.717, 1.165) is 10.7 Å². The van der Waals surface area contributed by atoms with Crippen molar-refractivity contribution < 1.29 is 8.42 Å². The fourth-order valence-corrected chi connectivity index (χ4v) is 4.17. The van der Waals surface area contributed by atoms with E-state index in [2.05, 4.69) is 9.71 Å². The van der Waals surface area contributed by atoms with Crippen LogP contribution in [0.15, 0.2) is 28.5 Å². The van der Waals surface area contributed by atoms with Crippen molar-refractivity contribution in [2.45, 2.75) is 18.2 Å². The molecule has 20 heavy (non-hydrogen) atoms. The van der Waals surface area contributed by atoms with Gasteiger partial charge in [0.1, 0.15) is 4.90 Å². The van der Waals surface area contributed by atoms with Gasteiger partial charge < -0.3 is 5.73 Å². The second-order valence-electron chi connectivity index (χ2n) is 4.19. The normalized spacial score (nSPS) is 11.7. The second-order valence-corrected chi connectivity index (χ2v) is 7.24. The minimum Gasteiger partial charge on any atom is -0.398 e. The van der Waals surface area contributed by atoms with Crippen LogP contribution in [0.3, 0.4) is 0 Å². The molecule has 108 valence electrons. The fraction of sp³-hybridized carbons (Fsp3) is 0.250. The molecule has 2 aromatic rings. The van der Waals surface area contributed by atoms with E-state index in [9.17, 15) is 8.42 Å². The van der Waals surface area contributed by atoms with Crippen molar-refractivity contribution in [1.82, 2.24) is 9.71 Å². The average molecular weight is 332 g/mol. The standard InChI is InChI=1S/C12H14ClN3O2S2/c1-8-7-19-11(16-8)5-6-15-20(17,18)12-9(13)3-2-4-10(12)14/h2-4,7,15H,5-6,14H2,1H3. The number of aromatic nitrogens is 1. The zero-order chi connectivity index (χ0) is 14.8. The van der Waals surface area contributed by atoms with Gasteiger partial charge in [-0.3, -0.25) is 0 Å². The van der Waals surface area contributed by atoms with Crippen LogP contribution in [0.2, 0.25) is 5.02 Å². The summed E-state index contributed by atoms with van der Waals surface area (Å²) in [6.07, 6.45) is 0.530. The minimum absolute atomic E-state index is 0.0722. The molecule has 0 bridgehead atoms. The summed E-state index contributed by atoms with van der Waals surface area (Å²) in [5.74, 6) is 0. The first-order chi connectivity index (χ1) is 9.40. The highest BCUT2D eigenvalue weighted by molar-refractivity contribution is 7.89. The Hall–Kier alpha value is -1.15. The van der Waals surface area contributed by atoms with E-state index >= 15 is 0 Å². The van der Waals surface area contributed by atoms with Gasteiger partial charge in [0.2, 0.25) is 10.0 Å². The molecule has 0 fully saturated rings. The Morgan fingerprint density at radius 3 is 2.80 bits per heavy atom. The summed E-state index contributed by atoms with van der Waals surface area (Å²) in [5.41, 5.74) is 6.75. The van der Waals surface area contributed by atoms with Gasteiger partial charge in [-0.25, -0.2) is 18.1 Å². The van der Waals surface area contributed by atoms with E-state index in [-0.39, 0.29) is 22.2 Å². The van der Waals surface area contributed by atoms with Crippen LogP contribution in [0.5, 0.6) is 0 Å². The van der Waals surface area contributed by atoms with Gasteiger partial charge in [0.15, 0.2) is 0 Å². The van der Waals surface area contributed by atoms with Gasteiger partial charge in [0, 0.05) is 24.0 Å². The lowest BCUT2D eigenvalue weighted by Gasteiger charge is -2.10. The zero-order valence-electron chi connectivity index (χ0n) is 10.8. The Labute approximate surface area is 126 Å². The maximum Gasteiger partial charge on any atom is 0.244 e. The molecule has 0 spiro atoms. The van der Waals surface area contributed by atoms with Crippen molar-refractivity contribution in [3.8, 4) is 0 Å². The Bertz CT molecular complexity index is 693. The maximum atomic E-state index is 12.2. The number of thiazole rings is 1. The SMILES string of the molecule is Cc1csc(CCNS(=O)(=O)c2c(N)cccc2Cl)n1. The summed E-state index contributed by atoms with van der Waals surface area (Å²) in [6, 6.07) is 4.61. The van der Waals surface area contributed by atoms with Crippen LogP contribution in [0.4, 0.5) is 5.69 Å². The Morgan fingerprint density at radius 2 is 2.20 bits per heavy atom. The minimum atomic E-state index is -3.72. The molecule has 1 aromatic carbocycles. The van der Waals surface area contributed by atoms with E-state index in [0.29, 0.717) is 6.42 Å². The van der Waals surface area contributed by atoms with Crippen molar-refractivity contribution in [2.75, 3.05) is 12.3 Å². The number of anilines is 1. The van der Waals surface area contributed by atoms with Crippen LogP contribution in [0.1, 0.15) is 10.7 Å². The predicted octanol–water partition coefficient (Wildman–Crippen LogP) is 2.21. The molecule has 3 N–H and O–H groups in total. The lowest BCUT2D eigenvalue weighted by molar-refractivity contribution is 0.582. The summed E-state index contributed by atoms with van der Waals surface area (Å²) in [7, 11) is -3.72. The molecule has 0 aliphatic rings. The molecule has 0 atom stereocenters. The van der Waals surface area contributed by atoms with E-state index in [4.69, 9.17) is 17.3 Å². The number of hydrogen-bond acceptors (Lipinski definition) is 5. The van der Waals surface area contributed by atoms with E-state index in [1.807, 2.05) is 12.3 Å². The fourth-order valence-electron chi connectivity index (χ4n) is 1.69. The average Bonchev–Trinajstić information content (AvgIpc) is 2.74. The number of aryl methyl sites for hydroxylation is 1. The van der Waals surface area contributed by atoms with Gasteiger partial charge in [-0.2, -0.15) is 0 Å². The van der Waals surface area contributed by atoms with Gasteiger partial charge in [-0.15, -0.1) is 11.3 Å². The molecule has 8 heteroatoms. The molecule has 5 nitrogen and oxygen atoms in total. The molecular weight excluding hydrogens is 318 g/mol. The first-order valence-corrected chi connectivity index (χ1v) is 8.59. The largest absolute Gasteiger partial charge is 0.398 e. The van der Waals surface area contributed by atoms with Crippen LogP contribution in [-0.4, -0.2) is 19.9 Å². The highest BCUT2D eigenvalue weighted by atomic mass is 35.5. The lowest BCUT2D eigenvalue weighted by Crippen LogP contribution is -2.27. The van der Waals surface area contributed by atoms with Crippen molar-refractivity contribution in [1.29, 1.82) is 0 Å². The number of sulfonamides is 1. The first-order valence-electron chi connectivity index (χ1n) is 5.85. The molecule has 1 aromatic heterocycles. The Morgan fingerprint density at radius 1 is 1.45 bits per heavy atom. The van der Waals surface area contributed by atoms with Crippen molar-refractivity contribution >= 4 is 38.6 Å².